The van der Waals surface area contributed by atoms with Crippen molar-refractivity contribution in [1.82, 2.24) is 14.9 Å². The quantitative estimate of drug-likeness (QED) is 0.742. The van der Waals surface area contributed by atoms with E-state index in [-0.39, 0.29) is 11.7 Å². The Balaban J connectivity index is 1.42. The van der Waals surface area contributed by atoms with Crippen molar-refractivity contribution >= 4 is 11.7 Å². The van der Waals surface area contributed by atoms with Crippen molar-refractivity contribution in [1.29, 1.82) is 0 Å². The van der Waals surface area contributed by atoms with Gasteiger partial charge < -0.3 is 15.6 Å². The monoisotopic (exact) mass is 364 g/mol. The van der Waals surface area contributed by atoms with Gasteiger partial charge in [-0.25, -0.2) is 9.37 Å². The van der Waals surface area contributed by atoms with Crippen LogP contribution in [0.2, 0.25) is 0 Å². The van der Waals surface area contributed by atoms with E-state index in [0.29, 0.717) is 36.0 Å². The van der Waals surface area contributed by atoms with E-state index in [1.54, 1.807) is 48.7 Å². The number of nitrogens with two attached hydrogens (primary N) is 1. The minimum atomic E-state index is -0.266. The number of benzene rings is 2. The van der Waals surface area contributed by atoms with E-state index in [1.165, 1.54) is 6.07 Å². The van der Waals surface area contributed by atoms with Gasteiger partial charge in [-0.3, -0.25) is 4.79 Å². The zero-order valence-electron chi connectivity index (χ0n) is 14.9. The molecule has 0 spiro atoms. The Morgan fingerprint density at radius 2 is 1.81 bits per heavy atom. The first-order chi connectivity index (χ1) is 13.1. The van der Waals surface area contributed by atoms with Crippen LogP contribution in [0.1, 0.15) is 34.9 Å². The molecule has 0 radical (unpaired) electrons. The maximum absolute atomic E-state index is 13.9. The number of nitrogens with one attached hydrogen (secondary N) is 1. The number of anilines is 1. The van der Waals surface area contributed by atoms with Crippen LogP contribution < -0.4 is 5.73 Å². The fraction of sp³-hybridized carbons (Fsp3) is 0.238. The molecule has 138 valence electrons. The number of carbonyl (C=O) groups is 1. The second-order valence-corrected chi connectivity index (χ2v) is 6.85. The number of halogens is 1. The number of nitrogen functional groups attached to an aromatic ring is 1. The molecule has 0 bridgehead atoms. The highest BCUT2D eigenvalue weighted by molar-refractivity contribution is 5.94. The molecule has 0 aliphatic carbocycles. The van der Waals surface area contributed by atoms with Crippen LogP contribution in [0, 0.1) is 5.82 Å². The molecule has 1 fully saturated rings. The Kier molecular flexibility index (Phi) is 4.62. The van der Waals surface area contributed by atoms with Crippen LogP contribution in [0.4, 0.5) is 10.2 Å². The number of rotatable bonds is 3. The number of likely N-dealkylation sites (tertiary alicyclic amines) is 1. The van der Waals surface area contributed by atoms with Crippen LogP contribution in [0.3, 0.4) is 0 Å². The van der Waals surface area contributed by atoms with Crippen LogP contribution in [0.15, 0.2) is 54.7 Å². The summed E-state index contributed by atoms with van der Waals surface area (Å²) in [4.78, 5) is 22.0. The van der Waals surface area contributed by atoms with Crippen LogP contribution in [0.5, 0.6) is 0 Å². The average molecular weight is 364 g/mol. The highest BCUT2D eigenvalue weighted by Crippen LogP contribution is 2.28. The number of nitrogens with zero attached hydrogens (tertiary/aromatic N) is 2. The second kappa shape index (κ2) is 7.23. The van der Waals surface area contributed by atoms with E-state index in [4.69, 9.17) is 5.73 Å². The van der Waals surface area contributed by atoms with E-state index in [0.717, 1.165) is 24.2 Å². The van der Waals surface area contributed by atoms with Gasteiger partial charge in [0.2, 0.25) is 0 Å². The predicted molar refractivity (Wildman–Crippen MR) is 103 cm³/mol. The molecule has 1 aliphatic heterocycles. The second-order valence-electron chi connectivity index (χ2n) is 6.85. The molecule has 4 rings (SSSR count). The molecule has 3 N–H and O–H groups in total. The van der Waals surface area contributed by atoms with Gasteiger partial charge in [0.05, 0.1) is 6.20 Å². The van der Waals surface area contributed by atoms with Gasteiger partial charge in [-0.2, -0.15) is 0 Å². The molecule has 0 atom stereocenters. The molecule has 1 amide bonds. The third kappa shape index (κ3) is 3.56. The molecule has 2 aromatic carbocycles. The zero-order chi connectivity index (χ0) is 18.8. The summed E-state index contributed by atoms with van der Waals surface area (Å²) in [6.07, 6.45) is 3.34. The van der Waals surface area contributed by atoms with E-state index in [1.807, 2.05) is 4.90 Å². The summed E-state index contributed by atoms with van der Waals surface area (Å²) in [6, 6.07) is 13.8. The predicted octanol–water partition coefficient (Wildman–Crippen LogP) is 3.82. The van der Waals surface area contributed by atoms with Crippen LogP contribution in [-0.4, -0.2) is 33.9 Å². The number of amides is 1. The van der Waals surface area contributed by atoms with Crippen molar-refractivity contribution in [3.05, 3.63) is 71.9 Å². The maximum atomic E-state index is 13.9. The fourth-order valence-electron chi connectivity index (χ4n) is 3.59. The average Bonchev–Trinajstić information content (AvgIpc) is 3.14. The molecule has 5 nitrogen and oxygen atoms in total. The number of piperidine rings is 1. The molecular weight excluding hydrogens is 343 g/mol. The van der Waals surface area contributed by atoms with Gasteiger partial charge in [0, 0.05) is 30.1 Å². The van der Waals surface area contributed by atoms with Crippen LogP contribution in [0.25, 0.3) is 11.1 Å². The van der Waals surface area contributed by atoms with Gasteiger partial charge in [0.15, 0.2) is 0 Å². The molecule has 2 heterocycles. The molecule has 3 aromatic rings. The minimum Gasteiger partial charge on any atom is -0.384 e. The summed E-state index contributed by atoms with van der Waals surface area (Å²) in [5.74, 6) is 1.51. The van der Waals surface area contributed by atoms with E-state index in [9.17, 15) is 9.18 Å². The van der Waals surface area contributed by atoms with Gasteiger partial charge in [-0.15, -0.1) is 0 Å². The Morgan fingerprint density at radius 1 is 1.11 bits per heavy atom. The number of H-pyrrole nitrogens is 1. The molecule has 1 aromatic heterocycles. The third-order valence-corrected chi connectivity index (χ3v) is 5.10. The number of aromatic amines is 1. The normalized spacial score (nSPS) is 15.1. The van der Waals surface area contributed by atoms with Crippen molar-refractivity contribution in [2.75, 3.05) is 18.8 Å². The van der Waals surface area contributed by atoms with Crippen molar-refractivity contribution in [2.45, 2.75) is 18.8 Å². The van der Waals surface area contributed by atoms with Crippen molar-refractivity contribution in [3.8, 4) is 11.1 Å². The summed E-state index contributed by atoms with van der Waals surface area (Å²) in [5, 5.41) is 0. The van der Waals surface area contributed by atoms with Crippen molar-refractivity contribution < 1.29 is 9.18 Å². The summed E-state index contributed by atoms with van der Waals surface area (Å²) >= 11 is 0. The minimum absolute atomic E-state index is 0.00694. The summed E-state index contributed by atoms with van der Waals surface area (Å²) in [6.45, 7) is 1.36. The molecule has 0 saturated carbocycles. The standard InChI is InChI=1S/C21H21FN4O/c22-18-4-2-1-3-17(18)14-5-7-16(8-6-14)21(27)26-11-9-15(10-12-26)20-24-13-19(23)25-20/h1-8,13,15H,9-12,23H2,(H,24,25). The first-order valence-corrected chi connectivity index (χ1v) is 9.06. The lowest BCUT2D eigenvalue weighted by atomic mass is 9.95. The summed E-state index contributed by atoms with van der Waals surface area (Å²) in [5.41, 5.74) is 7.62. The van der Waals surface area contributed by atoms with Gasteiger partial charge >= 0.3 is 0 Å². The smallest absolute Gasteiger partial charge is 0.253 e. The zero-order valence-corrected chi connectivity index (χ0v) is 14.9. The Labute approximate surface area is 157 Å². The van der Waals surface area contributed by atoms with Gasteiger partial charge in [-0.1, -0.05) is 30.3 Å². The highest BCUT2D eigenvalue weighted by Gasteiger charge is 2.26. The lowest BCUT2D eigenvalue weighted by molar-refractivity contribution is 0.0711. The fourth-order valence-corrected chi connectivity index (χ4v) is 3.59. The topological polar surface area (TPSA) is 75.0 Å². The molecule has 1 saturated heterocycles. The molecule has 27 heavy (non-hydrogen) atoms. The first kappa shape index (κ1) is 17.3. The van der Waals surface area contributed by atoms with Gasteiger partial charge in [0.25, 0.3) is 5.91 Å². The number of aromatic nitrogens is 2. The first-order valence-electron chi connectivity index (χ1n) is 9.06. The highest BCUT2D eigenvalue weighted by atomic mass is 19.1. The van der Waals surface area contributed by atoms with E-state index < -0.39 is 0 Å². The van der Waals surface area contributed by atoms with E-state index in [2.05, 4.69) is 9.97 Å². The van der Waals surface area contributed by atoms with Crippen LogP contribution in [-0.2, 0) is 0 Å². The molecule has 1 aliphatic rings. The molecular formula is C21H21FN4O. The number of carbonyl (C=O) groups excluding carboxylic acids is 1. The third-order valence-electron chi connectivity index (χ3n) is 5.10. The van der Waals surface area contributed by atoms with Gasteiger partial charge in [-0.05, 0) is 36.6 Å². The summed E-state index contributed by atoms with van der Waals surface area (Å²) in [7, 11) is 0. The van der Waals surface area contributed by atoms with Crippen LogP contribution >= 0.6 is 0 Å². The van der Waals surface area contributed by atoms with E-state index >= 15 is 0 Å². The Hall–Kier alpha value is -3.15. The largest absolute Gasteiger partial charge is 0.384 e. The van der Waals surface area contributed by atoms with Crippen molar-refractivity contribution in [2.24, 2.45) is 0 Å². The number of imidazole rings is 1. The van der Waals surface area contributed by atoms with Crippen molar-refractivity contribution in [3.63, 3.8) is 0 Å². The Morgan fingerprint density at radius 3 is 2.44 bits per heavy atom. The molecule has 6 heteroatoms. The number of hydrogen-bond acceptors (Lipinski definition) is 3. The SMILES string of the molecule is Nc1cnc(C2CCN(C(=O)c3ccc(-c4ccccc4F)cc3)CC2)[nH]1. The molecule has 0 unspecified atom stereocenters. The lowest BCUT2D eigenvalue weighted by Crippen LogP contribution is -2.38. The Bertz CT molecular complexity index is 943. The van der Waals surface area contributed by atoms with Gasteiger partial charge in [0.1, 0.15) is 17.5 Å². The maximum Gasteiger partial charge on any atom is 0.253 e. The lowest BCUT2D eigenvalue weighted by Gasteiger charge is -2.31. The summed E-state index contributed by atoms with van der Waals surface area (Å²) < 4.78 is 13.9. The number of hydrogen-bond donors (Lipinski definition) is 2.